The van der Waals surface area contributed by atoms with E-state index in [2.05, 4.69) is 18.7 Å². The summed E-state index contributed by atoms with van der Waals surface area (Å²) in [7, 11) is 0. The Hall–Kier alpha value is -2.39. The van der Waals surface area contributed by atoms with Gasteiger partial charge in [-0.05, 0) is 74.3 Å². The van der Waals surface area contributed by atoms with E-state index in [1.54, 1.807) is 6.08 Å². The van der Waals surface area contributed by atoms with Crippen LogP contribution in [0.15, 0.2) is 42.5 Å². The molecule has 0 saturated heterocycles. The van der Waals surface area contributed by atoms with Crippen molar-refractivity contribution in [3.05, 3.63) is 70.3 Å². The van der Waals surface area contributed by atoms with Crippen LogP contribution in [0.25, 0.3) is 6.08 Å². The lowest BCUT2D eigenvalue weighted by atomic mass is 10.0. The largest absolute Gasteiger partial charge is 0.492 e. The first kappa shape index (κ1) is 20.9. The predicted molar refractivity (Wildman–Crippen MR) is 114 cm³/mol. The summed E-state index contributed by atoms with van der Waals surface area (Å²) < 4.78 is 6.01. The topological polar surface area (TPSA) is 29.5 Å². The number of nitrogens with zero attached hydrogens (tertiary/aromatic N) is 1. The first-order chi connectivity index (χ1) is 13.0. The molecule has 0 N–H and O–H groups in total. The Balaban J connectivity index is 2.09. The molecule has 0 radical (unpaired) electrons. The number of hydrogen-bond donors (Lipinski definition) is 0. The zero-order valence-corrected chi connectivity index (χ0v) is 17.2. The highest BCUT2D eigenvalue weighted by molar-refractivity contribution is 6.07. The van der Waals surface area contributed by atoms with Crippen molar-refractivity contribution in [2.75, 3.05) is 26.2 Å². The van der Waals surface area contributed by atoms with Crippen LogP contribution in [0.4, 0.5) is 0 Å². The maximum atomic E-state index is 12.6. The SMILES string of the molecule is CCN(CC)CCOc1c(C)cc(C(=O)/C=C/c2ccccc2C)cc1C. The number of benzene rings is 2. The number of ketones is 1. The highest BCUT2D eigenvalue weighted by Gasteiger charge is 2.11. The summed E-state index contributed by atoms with van der Waals surface area (Å²) in [5.74, 6) is 0.903. The summed E-state index contributed by atoms with van der Waals surface area (Å²) in [6.07, 6.45) is 3.54. The minimum Gasteiger partial charge on any atom is -0.492 e. The molecule has 0 aliphatic carbocycles. The lowest BCUT2D eigenvalue weighted by Crippen LogP contribution is -2.28. The summed E-state index contributed by atoms with van der Waals surface area (Å²) >= 11 is 0. The molecule has 0 bridgehead atoms. The second-order valence-electron chi connectivity index (χ2n) is 6.87. The number of allylic oxidation sites excluding steroid dienone is 1. The van der Waals surface area contributed by atoms with Gasteiger partial charge in [-0.1, -0.05) is 44.2 Å². The molecule has 2 rings (SSSR count). The fraction of sp³-hybridized carbons (Fsp3) is 0.375. The molecule has 0 aromatic heterocycles. The van der Waals surface area contributed by atoms with Gasteiger partial charge in [0.15, 0.2) is 5.78 Å². The third-order valence-electron chi connectivity index (χ3n) is 4.90. The molecule has 3 nitrogen and oxygen atoms in total. The zero-order valence-electron chi connectivity index (χ0n) is 17.2. The molecule has 0 heterocycles. The average Bonchev–Trinajstić information content (AvgIpc) is 2.66. The molecule has 144 valence electrons. The monoisotopic (exact) mass is 365 g/mol. The maximum Gasteiger partial charge on any atom is 0.185 e. The Morgan fingerprint density at radius 3 is 2.22 bits per heavy atom. The molecule has 0 saturated carbocycles. The minimum absolute atomic E-state index is 0.0131. The van der Waals surface area contributed by atoms with Crippen molar-refractivity contribution in [2.45, 2.75) is 34.6 Å². The van der Waals surface area contributed by atoms with Crippen LogP contribution in [0.1, 0.15) is 46.5 Å². The van der Waals surface area contributed by atoms with Crippen LogP contribution in [0.5, 0.6) is 5.75 Å². The van der Waals surface area contributed by atoms with Crippen molar-refractivity contribution in [2.24, 2.45) is 0 Å². The van der Waals surface area contributed by atoms with Gasteiger partial charge in [-0.2, -0.15) is 0 Å². The van der Waals surface area contributed by atoms with E-state index in [9.17, 15) is 4.79 Å². The highest BCUT2D eigenvalue weighted by Crippen LogP contribution is 2.25. The number of aryl methyl sites for hydroxylation is 3. The average molecular weight is 366 g/mol. The van der Waals surface area contributed by atoms with Crippen LogP contribution >= 0.6 is 0 Å². The van der Waals surface area contributed by atoms with Crippen molar-refractivity contribution < 1.29 is 9.53 Å². The Kier molecular flexibility index (Phi) is 7.81. The molecule has 0 fully saturated rings. The quantitative estimate of drug-likeness (QED) is 0.450. The van der Waals surface area contributed by atoms with Gasteiger partial charge in [0.2, 0.25) is 0 Å². The van der Waals surface area contributed by atoms with E-state index in [0.29, 0.717) is 12.2 Å². The molecule has 2 aromatic rings. The number of likely N-dealkylation sites (N-methyl/N-ethyl adjacent to an activating group) is 1. The summed E-state index contributed by atoms with van der Waals surface area (Å²) in [6, 6.07) is 11.9. The van der Waals surface area contributed by atoms with E-state index in [1.165, 1.54) is 0 Å². The van der Waals surface area contributed by atoms with Gasteiger partial charge in [-0.25, -0.2) is 0 Å². The first-order valence-corrected chi connectivity index (χ1v) is 9.70. The van der Waals surface area contributed by atoms with Crippen LogP contribution in [0.3, 0.4) is 0 Å². The van der Waals surface area contributed by atoms with Crippen LogP contribution in [-0.4, -0.2) is 36.9 Å². The standard InChI is InChI=1S/C24H31NO2/c1-6-25(7-2)14-15-27-24-19(4)16-22(17-20(24)5)23(26)13-12-21-11-9-8-10-18(21)3/h8-13,16-17H,6-7,14-15H2,1-5H3/b13-12+. The van der Waals surface area contributed by atoms with Gasteiger partial charge in [-0.15, -0.1) is 0 Å². The zero-order chi connectivity index (χ0) is 19.8. The second kappa shape index (κ2) is 10.1. The molecular formula is C24H31NO2. The van der Waals surface area contributed by atoms with Crippen molar-refractivity contribution in [1.82, 2.24) is 4.90 Å². The van der Waals surface area contributed by atoms with Gasteiger partial charge in [-0.3, -0.25) is 4.79 Å². The smallest absolute Gasteiger partial charge is 0.185 e. The van der Waals surface area contributed by atoms with E-state index in [1.807, 2.05) is 63.2 Å². The van der Waals surface area contributed by atoms with Gasteiger partial charge < -0.3 is 9.64 Å². The molecule has 27 heavy (non-hydrogen) atoms. The van der Waals surface area contributed by atoms with Crippen molar-refractivity contribution in [1.29, 1.82) is 0 Å². The molecule has 0 amide bonds. The Labute approximate surface area is 163 Å². The summed E-state index contributed by atoms with van der Waals surface area (Å²) in [5, 5.41) is 0. The van der Waals surface area contributed by atoms with Crippen molar-refractivity contribution in [3.63, 3.8) is 0 Å². The van der Waals surface area contributed by atoms with E-state index in [0.717, 1.165) is 47.6 Å². The van der Waals surface area contributed by atoms with Gasteiger partial charge in [0, 0.05) is 12.1 Å². The third-order valence-corrected chi connectivity index (χ3v) is 4.90. The molecule has 0 spiro atoms. The van der Waals surface area contributed by atoms with E-state index in [-0.39, 0.29) is 5.78 Å². The second-order valence-corrected chi connectivity index (χ2v) is 6.87. The van der Waals surface area contributed by atoms with E-state index >= 15 is 0 Å². The normalized spacial score (nSPS) is 11.3. The fourth-order valence-corrected chi connectivity index (χ4v) is 3.17. The summed E-state index contributed by atoms with van der Waals surface area (Å²) in [6.45, 7) is 14.0. The van der Waals surface area contributed by atoms with Crippen LogP contribution in [-0.2, 0) is 0 Å². The van der Waals surface area contributed by atoms with Crippen molar-refractivity contribution >= 4 is 11.9 Å². The van der Waals surface area contributed by atoms with E-state index in [4.69, 9.17) is 4.74 Å². The molecule has 0 unspecified atom stereocenters. The fourth-order valence-electron chi connectivity index (χ4n) is 3.17. The molecule has 0 atom stereocenters. The predicted octanol–water partition coefficient (Wildman–Crippen LogP) is 5.23. The van der Waals surface area contributed by atoms with Crippen molar-refractivity contribution in [3.8, 4) is 5.75 Å². The van der Waals surface area contributed by atoms with Gasteiger partial charge in [0.1, 0.15) is 12.4 Å². The lowest BCUT2D eigenvalue weighted by Gasteiger charge is -2.19. The molecule has 2 aromatic carbocycles. The molecule has 0 aliphatic heterocycles. The Morgan fingerprint density at radius 1 is 1.00 bits per heavy atom. The number of carbonyl (C=O) groups is 1. The Bertz CT molecular complexity index is 781. The molecule has 0 aliphatic rings. The van der Waals surface area contributed by atoms with Gasteiger partial charge in [0.25, 0.3) is 0 Å². The Morgan fingerprint density at radius 2 is 1.63 bits per heavy atom. The summed E-state index contributed by atoms with van der Waals surface area (Å²) in [5.41, 5.74) is 4.93. The maximum absolute atomic E-state index is 12.6. The van der Waals surface area contributed by atoms with Gasteiger partial charge in [0.05, 0.1) is 0 Å². The molecular weight excluding hydrogens is 334 g/mol. The van der Waals surface area contributed by atoms with Crippen LogP contribution < -0.4 is 4.74 Å². The number of rotatable bonds is 9. The van der Waals surface area contributed by atoms with Gasteiger partial charge >= 0.3 is 0 Å². The minimum atomic E-state index is 0.0131. The number of ether oxygens (including phenoxy) is 1. The highest BCUT2D eigenvalue weighted by atomic mass is 16.5. The lowest BCUT2D eigenvalue weighted by molar-refractivity contribution is 0.104. The van der Waals surface area contributed by atoms with Crippen LogP contribution in [0.2, 0.25) is 0 Å². The molecule has 3 heteroatoms. The van der Waals surface area contributed by atoms with E-state index < -0.39 is 0 Å². The number of hydrogen-bond acceptors (Lipinski definition) is 3. The summed E-state index contributed by atoms with van der Waals surface area (Å²) in [4.78, 5) is 14.9. The first-order valence-electron chi connectivity index (χ1n) is 9.70. The van der Waals surface area contributed by atoms with Crippen LogP contribution in [0, 0.1) is 20.8 Å². The number of carbonyl (C=O) groups excluding carboxylic acids is 1. The third kappa shape index (κ3) is 5.80.